The molecule has 0 bridgehead atoms. The van der Waals surface area contributed by atoms with Gasteiger partial charge in [0.1, 0.15) is 0 Å². The summed E-state index contributed by atoms with van der Waals surface area (Å²) in [7, 11) is 0. The van der Waals surface area contributed by atoms with Crippen molar-refractivity contribution >= 4 is 22.9 Å². The van der Waals surface area contributed by atoms with E-state index < -0.39 is 0 Å². The van der Waals surface area contributed by atoms with Crippen molar-refractivity contribution in [2.24, 2.45) is 0 Å². The quantitative estimate of drug-likeness (QED) is 0.624. The Hall–Kier alpha value is -0.0100. The summed E-state index contributed by atoms with van der Waals surface area (Å²) in [6.45, 7) is 2.22. The van der Waals surface area contributed by atoms with E-state index in [1.165, 1.54) is 24.1 Å². The SMILES string of the molecule is CCCCCc1sccc1Cl. The molecule has 0 amide bonds. The first kappa shape index (κ1) is 9.08. The van der Waals surface area contributed by atoms with Crippen LogP contribution in [0.4, 0.5) is 0 Å². The molecule has 0 saturated heterocycles. The Bertz CT molecular complexity index is 205. The molecule has 0 radical (unpaired) electrons. The van der Waals surface area contributed by atoms with Gasteiger partial charge in [-0.05, 0) is 24.3 Å². The van der Waals surface area contributed by atoms with E-state index >= 15 is 0 Å². The number of rotatable bonds is 4. The molecule has 2 heteroatoms. The van der Waals surface area contributed by atoms with Crippen LogP contribution in [-0.2, 0) is 6.42 Å². The zero-order valence-corrected chi connectivity index (χ0v) is 8.34. The van der Waals surface area contributed by atoms with Gasteiger partial charge in [-0.1, -0.05) is 31.4 Å². The molecule has 1 aromatic rings. The van der Waals surface area contributed by atoms with Crippen LogP contribution in [0.3, 0.4) is 0 Å². The molecule has 62 valence electrons. The van der Waals surface area contributed by atoms with Gasteiger partial charge in [0.2, 0.25) is 0 Å². The predicted octanol–water partition coefficient (Wildman–Crippen LogP) is 4.13. The third-order valence-electron chi connectivity index (χ3n) is 1.70. The molecular formula is C9H13ClS. The summed E-state index contributed by atoms with van der Waals surface area (Å²) in [6.07, 6.45) is 5.03. The summed E-state index contributed by atoms with van der Waals surface area (Å²) in [6, 6.07) is 1.98. The molecule has 1 rings (SSSR count). The van der Waals surface area contributed by atoms with Crippen molar-refractivity contribution in [1.82, 2.24) is 0 Å². The van der Waals surface area contributed by atoms with Crippen LogP contribution < -0.4 is 0 Å². The van der Waals surface area contributed by atoms with Gasteiger partial charge >= 0.3 is 0 Å². The lowest BCUT2D eigenvalue weighted by atomic mass is 10.2. The van der Waals surface area contributed by atoms with E-state index in [1.54, 1.807) is 11.3 Å². The summed E-state index contributed by atoms with van der Waals surface area (Å²) in [5.41, 5.74) is 0. The Kier molecular flexibility index (Phi) is 3.95. The van der Waals surface area contributed by atoms with Gasteiger partial charge in [-0.25, -0.2) is 0 Å². The van der Waals surface area contributed by atoms with E-state index in [4.69, 9.17) is 11.6 Å². The topological polar surface area (TPSA) is 0 Å². The lowest BCUT2D eigenvalue weighted by Crippen LogP contribution is -1.80. The minimum absolute atomic E-state index is 0.950. The maximum absolute atomic E-state index is 5.93. The summed E-state index contributed by atoms with van der Waals surface area (Å²) in [5.74, 6) is 0. The van der Waals surface area contributed by atoms with E-state index in [0.717, 1.165) is 11.4 Å². The first-order valence-corrected chi connectivity index (χ1v) is 5.32. The molecule has 1 aromatic heterocycles. The molecule has 0 spiro atoms. The number of hydrogen-bond acceptors (Lipinski definition) is 1. The first-order chi connectivity index (χ1) is 5.34. The molecule has 0 aliphatic carbocycles. The summed E-state index contributed by atoms with van der Waals surface area (Å²) in [5, 5.41) is 3.01. The Morgan fingerprint density at radius 3 is 2.82 bits per heavy atom. The molecule has 0 aromatic carbocycles. The average Bonchev–Trinajstić information content (AvgIpc) is 2.37. The standard InChI is InChI=1S/C9H13ClS/c1-2-3-4-5-9-8(10)6-7-11-9/h6-7H,2-5H2,1H3. The third kappa shape index (κ3) is 2.84. The first-order valence-electron chi connectivity index (χ1n) is 4.06. The van der Waals surface area contributed by atoms with Gasteiger partial charge in [0.05, 0.1) is 5.02 Å². The minimum atomic E-state index is 0.950. The molecule has 0 saturated carbocycles. The van der Waals surface area contributed by atoms with Crippen molar-refractivity contribution in [1.29, 1.82) is 0 Å². The Balaban J connectivity index is 2.32. The van der Waals surface area contributed by atoms with Crippen LogP contribution in [-0.4, -0.2) is 0 Å². The molecule has 0 N–H and O–H groups in total. The smallest absolute Gasteiger partial charge is 0.0544 e. The highest BCUT2D eigenvalue weighted by atomic mass is 35.5. The van der Waals surface area contributed by atoms with E-state index in [0.29, 0.717) is 0 Å². The Morgan fingerprint density at radius 1 is 1.45 bits per heavy atom. The Morgan fingerprint density at radius 2 is 2.27 bits per heavy atom. The van der Waals surface area contributed by atoms with Gasteiger partial charge in [0.25, 0.3) is 0 Å². The highest BCUT2D eigenvalue weighted by Gasteiger charge is 1.99. The Labute approximate surface area is 77.2 Å². The van der Waals surface area contributed by atoms with E-state index in [-0.39, 0.29) is 0 Å². The summed E-state index contributed by atoms with van der Waals surface area (Å²) >= 11 is 7.70. The molecule has 0 atom stereocenters. The zero-order valence-electron chi connectivity index (χ0n) is 6.77. The lowest BCUT2D eigenvalue weighted by molar-refractivity contribution is 0.723. The van der Waals surface area contributed by atoms with Gasteiger partial charge in [-0.2, -0.15) is 0 Å². The second-order valence-corrected chi connectivity index (χ2v) is 4.06. The fourth-order valence-corrected chi connectivity index (χ4v) is 2.22. The maximum Gasteiger partial charge on any atom is 0.0544 e. The van der Waals surface area contributed by atoms with Crippen molar-refractivity contribution in [3.63, 3.8) is 0 Å². The maximum atomic E-state index is 5.93. The number of unbranched alkanes of at least 4 members (excludes halogenated alkanes) is 2. The van der Waals surface area contributed by atoms with E-state index in [9.17, 15) is 0 Å². The van der Waals surface area contributed by atoms with Gasteiger partial charge in [-0.3, -0.25) is 0 Å². The van der Waals surface area contributed by atoms with Crippen LogP contribution in [0.25, 0.3) is 0 Å². The van der Waals surface area contributed by atoms with Crippen molar-refractivity contribution < 1.29 is 0 Å². The fourth-order valence-electron chi connectivity index (χ4n) is 1.04. The van der Waals surface area contributed by atoms with Crippen LogP contribution in [0, 0.1) is 0 Å². The van der Waals surface area contributed by atoms with Crippen LogP contribution in [0.15, 0.2) is 11.4 Å². The average molecular weight is 189 g/mol. The highest BCUT2D eigenvalue weighted by Crippen LogP contribution is 2.23. The van der Waals surface area contributed by atoms with Crippen LogP contribution in [0.5, 0.6) is 0 Å². The van der Waals surface area contributed by atoms with Gasteiger partial charge in [-0.15, -0.1) is 11.3 Å². The van der Waals surface area contributed by atoms with Crippen LogP contribution in [0.1, 0.15) is 31.1 Å². The second-order valence-electron chi connectivity index (χ2n) is 2.65. The largest absolute Gasteiger partial charge is 0.147 e. The van der Waals surface area contributed by atoms with Crippen molar-refractivity contribution in [3.8, 4) is 0 Å². The monoisotopic (exact) mass is 188 g/mol. The molecule has 0 nitrogen and oxygen atoms in total. The zero-order chi connectivity index (χ0) is 8.10. The van der Waals surface area contributed by atoms with E-state index in [2.05, 4.69) is 12.3 Å². The van der Waals surface area contributed by atoms with Gasteiger partial charge in [0, 0.05) is 4.88 Å². The molecule has 11 heavy (non-hydrogen) atoms. The predicted molar refractivity (Wildman–Crippen MR) is 52.6 cm³/mol. The summed E-state index contributed by atoms with van der Waals surface area (Å²) < 4.78 is 0. The van der Waals surface area contributed by atoms with Crippen LogP contribution in [0.2, 0.25) is 5.02 Å². The molecule has 0 unspecified atom stereocenters. The second kappa shape index (κ2) is 4.78. The number of thiophene rings is 1. The van der Waals surface area contributed by atoms with Crippen LogP contribution >= 0.6 is 22.9 Å². The van der Waals surface area contributed by atoms with E-state index in [1.807, 2.05) is 6.07 Å². The fraction of sp³-hybridized carbons (Fsp3) is 0.556. The van der Waals surface area contributed by atoms with Crippen molar-refractivity contribution in [2.75, 3.05) is 0 Å². The molecule has 0 aliphatic heterocycles. The minimum Gasteiger partial charge on any atom is -0.147 e. The van der Waals surface area contributed by atoms with Crippen molar-refractivity contribution in [3.05, 3.63) is 21.3 Å². The molecular weight excluding hydrogens is 176 g/mol. The number of halogens is 1. The number of hydrogen-bond donors (Lipinski definition) is 0. The third-order valence-corrected chi connectivity index (χ3v) is 3.15. The number of aryl methyl sites for hydroxylation is 1. The molecule has 1 heterocycles. The van der Waals surface area contributed by atoms with Gasteiger partial charge in [0.15, 0.2) is 0 Å². The highest BCUT2D eigenvalue weighted by molar-refractivity contribution is 7.10. The van der Waals surface area contributed by atoms with Crippen molar-refractivity contribution in [2.45, 2.75) is 32.6 Å². The summed E-state index contributed by atoms with van der Waals surface area (Å²) in [4.78, 5) is 1.35. The van der Waals surface area contributed by atoms with Gasteiger partial charge < -0.3 is 0 Å². The lowest BCUT2D eigenvalue weighted by Gasteiger charge is -1.96. The molecule has 0 fully saturated rings. The normalized spacial score (nSPS) is 10.4. The molecule has 0 aliphatic rings.